The van der Waals surface area contributed by atoms with Gasteiger partial charge >= 0.3 is 0 Å². The highest BCUT2D eigenvalue weighted by atomic mass is 16.5. The molecule has 0 fully saturated rings. The van der Waals surface area contributed by atoms with Gasteiger partial charge in [0.25, 0.3) is 0 Å². The van der Waals surface area contributed by atoms with E-state index in [1.807, 2.05) is 0 Å². The van der Waals surface area contributed by atoms with E-state index in [0.717, 1.165) is 5.88 Å². The summed E-state index contributed by atoms with van der Waals surface area (Å²) in [6, 6.07) is 1.79. The summed E-state index contributed by atoms with van der Waals surface area (Å²) in [5.74, 6) is 0.733. The smallest absolute Gasteiger partial charge is 0.211 e. The van der Waals surface area contributed by atoms with Crippen LogP contribution in [0.2, 0.25) is 0 Å². The molecule has 4 heteroatoms. The lowest BCUT2D eigenvalue weighted by molar-refractivity contribution is -0.0312. The second-order valence-electron chi connectivity index (χ2n) is 3.11. The quantitative estimate of drug-likeness (QED) is 0.573. The van der Waals surface area contributed by atoms with E-state index in [-0.39, 0.29) is 0 Å². The maximum atomic E-state index is 9.55. The average Bonchev–Trinajstić information content (AvgIpc) is 2.31. The maximum Gasteiger partial charge on any atom is 0.211 e. The van der Waals surface area contributed by atoms with E-state index in [9.17, 15) is 5.11 Å². The lowest BCUT2D eigenvalue weighted by atomic mass is 10.1. The number of aliphatic hydroxyl groups is 1. The Labute approximate surface area is 64.4 Å². The van der Waals surface area contributed by atoms with Gasteiger partial charge in [-0.1, -0.05) is 0 Å². The minimum Gasteiger partial charge on any atom is -0.475 e. The van der Waals surface area contributed by atoms with Gasteiger partial charge in [-0.05, 0) is 6.92 Å². The Balaban J connectivity index is 2.32. The van der Waals surface area contributed by atoms with Crippen LogP contribution in [0.3, 0.4) is 0 Å². The molecule has 1 N–H and O–H groups in total. The van der Waals surface area contributed by atoms with Crippen molar-refractivity contribution < 1.29 is 9.84 Å². The highest BCUT2D eigenvalue weighted by molar-refractivity contribution is 5.10. The Kier molecular flexibility index (Phi) is 1.20. The van der Waals surface area contributed by atoms with Crippen LogP contribution in [0.25, 0.3) is 0 Å². The molecule has 4 nitrogen and oxygen atoms in total. The SMILES string of the molecule is CC1(O)COc2ccnn2C1. The van der Waals surface area contributed by atoms with Gasteiger partial charge in [0.15, 0.2) is 0 Å². The molecule has 1 atom stereocenters. The number of nitrogens with zero attached hydrogens (tertiary/aromatic N) is 2. The van der Waals surface area contributed by atoms with Crippen LogP contribution in [0.1, 0.15) is 6.92 Å². The van der Waals surface area contributed by atoms with E-state index in [4.69, 9.17) is 4.74 Å². The topological polar surface area (TPSA) is 47.3 Å². The van der Waals surface area contributed by atoms with Gasteiger partial charge in [-0.15, -0.1) is 0 Å². The van der Waals surface area contributed by atoms with Crippen LogP contribution in [0.5, 0.6) is 5.88 Å². The Morgan fingerprint density at radius 2 is 2.64 bits per heavy atom. The molecule has 11 heavy (non-hydrogen) atoms. The molecule has 0 radical (unpaired) electrons. The van der Waals surface area contributed by atoms with Gasteiger partial charge in [0, 0.05) is 6.07 Å². The first-order valence-corrected chi connectivity index (χ1v) is 3.54. The molecule has 2 heterocycles. The van der Waals surface area contributed by atoms with E-state index in [1.165, 1.54) is 0 Å². The fourth-order valence-corrected chi connectivity index (χ4v) is 1.16. The molecule has 0 aromatic carbocycles. The first-order valence-electron chi connectivity index (χ1n) is 3.54. The van der Waals surface area contributed by atoms with Gasteiger partial charge in [-0.2, -0.15) is 5.10 Å². The number of hydrogen-bond acceptors (Lipinski definition) is 3. The molecule has 1 aromatic rings. The van der Waals surface area contributed by atoms with Crippen LogP contribution in [-0.2, 0) is 6.54 Å². The average molecular weight is 154 g/mol. The number of aromatic nitrogens is 2. The minimum absolute atomic E-state index is 0.346. The van der Waals surface area contributed by atoms with Gasteiger partial charge in [0.05, 0.1) is 12.7 Å². The molecule has 0 saturated carbocycles. The predicted molar refractivity (Wildman–Crippen MR) is 38.3 cm³/mol. The number of rotatable bonds is 0. The molecule has 0 spiro atoms. The van der Waals surface area contributed by atoms with Crippen LogP contribution in [0, 0.1) is 0 Å². The van der Waals surface area contributed by atoms with Crippen molar-refractivity contribution in [3.05, 3.63) is 12.3 Å². The molecule has 0 bridgehead atoms. The second kappa shape index (κ2) is 1.98. The van der Waals surface area contributed by atoms with Crippen LogP contribution < -0.4 is 4.74 Å². The predicted octanol–water partition coefficient (Wildman–Crippen LogP) is 0.0265. The molecule has 1 unspecified atom stereocenters. The Bertz CT molecular complexity index is 267. The maximum absolute atomic E-state index is 9.55. The molecule has 1 aliphatic rings. The molecule has 0 saturated heterocycles. The summed E-state index contributed by atoms with van der Waals surface area (Å²) in [5, 5.41) is 13.5. The summed E-state index contributed by atoms with van der Waals surface area (Å²) >= 11 is 0. The molecule has 0 aliphatic carbocycles. The lowest BCUT2D eigenvalue weighted by Gasteiger charge is -2.28. The summed E-state index contributed by atoms with van der Waals surface area (Å²) in [6.07, 6.45) is 1.66. The van der Waals surface area contributed by atoms with Crippen molar-refractivity contribution in [2.45, 2.75) is 19.1 Å². The Morgan fingerprint density at radius 3 is 3.45 bits per heavy atom. The third kappa shape index (κ3) is 1.09. The number of hydrogen-bond donors (Lipinski definition) is 1. The van der Waals surface area contributed by atoms with Crippen molar-refractivity contribution in [2.24, 2.45) is 0 Å². The number of fused-ring (bicyclic) bond motifs is 1. The summed E-state index contributed by atoms with van der Waals surface area (Å²) in [7, 11) is 0. The van der Waals surface area contributed by atoms with Gasteiger partial charge < -0.3 is 9.84 Å². The van der Waals surface area contributed by atoms with E-state index >= 15 is 0 Å². The van der Waals surface area contributed by atoms with Crippen molar-refractivity contribution >= 4 is 0 Å². The van der Waals surface area contributed by atoms with E-state index < -0.39 is 5.60 Å². The monoisotopic (exact) mass is 154 g/mol. The molecule has 1 aromatic heterocycles. The first kappa shape index (κ1) is 6.67. The molecule has 60 valence electrons. The molecule has 2 rings (SSSR count). The van der Waals surface area contributed by atoms with Crippen molar-refractivity contribution in [1.29, 1.82) is 0 Å². The highest BCUT2D eigenvalue weighted by Gasteiger charge is 2.28. The lowest BCUT2D eigenvalue weighted by Crippen LogP contribution is -2.41. The van der Waals surface area contributed by atoms with Gasteiger partial charge in [-0.3, -0.25) is 0 Å². The summed E-state index contributed by atoms with van der Waals surface area (Å²) in [6.45, 7) is 2.59. The van der Waals surface area contributed by atoms with Crippen LogP contribution in [-0.4, -0.2) is 27.1 Å². The fraction of sp³-hybridized carbons (Fsp3) is 0.571. The molecule has 1 aliphatic heterocycles. The van der Waals surface area contributed by atoms with Gasteiger partial charge in [0.2, 0.25) is 5.88 Å². The minimum atomic E-state index is -0.779. The fourth-order valence-electron chi connectivity index (χ4n) is 1.16. The largest absolute Gasteiger partial charge is 0.475 e. The standard InChI is InChI=1S/C7H10N2O2/c1-7(10)4-9-6(11-5-7)2-3-8-9/h2-3,10H,4-5H2,1H3. The van der Waals surface area contributed by atoms with Gasteiger partial charge in [-0.25, -0.2) is 4.68 Å². The highest BCUT2D eigenvalue weighted by Crippen LogP contribution is 2.20. The zero-order chi connectivity index (χ0) is 7.90. The van der Waals surface area contributed by atoms with Crippen molar-refractivity contribution in [3.8, 4) is 5.88 Å². The van der Waals surface area contributed by atoms with E-state index in [2.05, 4.69) is 5.10 Å². The van der Waals surface area contributed by atoms with Crippen molar-refractivity contribution in [2.75, 3.05) is 6.61 Å². The normalized spacial score (nSPS) is 29.3. The van der Waals surface area contributed by atoms with Crippen molar-refractivity contribution in [3.63, 3.8) is 0 Å². The summed E-state index contributed by atoms with van der Waals surface area (Å²) < 4.78 is 6.89. The van der Waals surface area contributed by atoms with Crippen LogP contribution in [0.15, 0.2) is 12.3 Å². The number of ether oxygens (including phenoxy) is 1. The Morgan fingerprint density at radius 1 is 1.82 bits per heavy atom. The zero-order valence-electron chi connectivity index (χ0n) is 6.32. The van der Waals surface area contributed by atoms with E-state index in [0.29, 0.717) is 13.2 Å². The first-order chi connectivity index (χ1) is 5.17. The molecular formula is C7H10N2O2. The zero-order valence-corrected chi connectivity index (χ0v) is 6.32. The summed E-state index contributed by atoms with van der Waals surface area (Å²) in [5.41, 5.74) is -0.779. The van der Waals surface area contributed by atoms with Crippen molar-refractivity contribution in [1.82, 2.24) is 9.78 Å². The third-order valence-electron chi connectivity index (χ3n) is 1.70. The Hall–Kier alpha value is -1.03. The second-order valence-corrected chi connectivity index (χ2v) is 3.11. The molecule has 0 amide bonds. The van der Waals surface area contributed by atoms with E-state index in [1.54, 1.807) is 23.9 Å². The third-order valence-corrected chi connectivity index (χ3v) is 1.70. The van der Waals surface area contributed by atoms with Crippen LogP contribution in [0.4, 0.5) is 0 Å². The molecular weight excluding hydrogens is 144 g/mol. The van der Waals surface area contributed by atoms with Gasteiger partial charge in [0.1, 0.15) is 12.2 Å². The summed E-state index contributed by atoms with van der Waals surface area (Å²) in [4.78, 5) is 0. The van der Waals surface area contributed by atoms with Crippen LogP contribution >= 0.6 is 0 Å².